The van der Waals surface area contributed by atoms with Gasteiger partial charge in [-0.05, 0) is 38.9 Å². The molecule has 0 aromatic heterocycles. The summed E-state index contributed by atoms with van der Waals surface area (Å²) in [4.78, 5) is 0. The van der Waals surface area contributed by atoms with Crippen molar-refractivity contribution in [1.82, 2.24) is 0 Å². The summed E-state index contributed by atoms with van der Waals surface area (Å²) in [6.45, 7) is 17.4. The summed E-state index contributed by atoms with van der Waals surface area (Å²) in [5.41, 5.74) is 15.6. The molecule has 0 rings (SSSR count). The van der Waals surface area contributed by atoms with Crippen LogP contribution < -0.4 is 17.2 Å². The molecule has 0 atom stereocenters. The first-order valence-corrected chi connectivity index (χ1v) is 8.38. The summed E-state index contributed by atoms with van der Waals surface area (Å²) >= 11 is 0. The van der Waals surface area contributed by atoms with E-state index in [1.165, 1.54) is 19.3 Å². The van der Waals surface area contributed by atoms with Gasteiger partial charge in [-0.25, -0.2) is 0 Å². The van der Waals surface area contributed by atoms with E-state index in [1.54, 1.807) is 0 Å². The van der Waals surface area contributed by atoms with Gasteiger partial charge in [-0.1, -0.05) is 19.3 Å². The van der Waals surface area contributed by atoms with Crippen molar-refractivity contribution in [2.24, 2.45) is 17.2 Å². The van der Waals surface area contributed by atoms with Crippen molar-refractivity contribution in [3.8, 4) is 0 Å². The smallest absolute Gasteiger partial charge is 0.343 e. The van der Waals surface area contributed by atoms with Crippen molar-refractivity contribution in [1.29, 1.82) is 0 Å². The molecule has 0 unspecified atom stereocenters. The van der Waals surface area contributed by atoms with Crippen LogP contribution in [-0.4, -0.2) is 19.6 Å². The molecule has 0 fully saturated rings. The van der Waals surface area contributed by atoms with Gasteiger partial charge in [-0.15, -0.1) is 0 Å². The number of rotatable bonds is 9. The Balaban J connectivity index is -0.0000000591. The van der Waals surface area contributed by atoms with Crippen molar-refractivity contribution in [2.75, 3.05) is 19.6 Å². The third-order valence-corrected chi connectivity index (χ3v) is 2.11. The minimum Gasteiger partial charge on any atom is -0.343 e. The molecule has 0 bridgehead atoms. The first kappa shape index (κ1) is 34.0. The molecular formula is C18H43N3Ti. The van der Waals surface area contributed by atoms with Crippen molar-refractivity contribution in [3.63, 3.8) is 0 Å². The average molecular weight is 349 g/mol. The van der Waals surface area contributed by atoms with Gasteiger partial charge >= 0.3 is 21.7 Å². The van der Waals surface area contributed by atoms with Gasteiger partial charge in [-0.3, -0.25) is 0 Å². The standard InChI is InChI=1S/3C5H12N.C3H7.Ti/c3*1-2-3-4-5-6;1-3-2;/h3*1-6H2;3H,1-2H3;/q4*-1;+4. The average Bonchev–Trinajstić information content (AvgIpc) is 2.51. The summed E-state index contributed by atoms with van der Waals surface area (Å²) in [5.74, 6) is 0. The van der Waals surface area contributed by atoms with Gasteiger partial charge in [0.2, 0.25) is 0 Å². The number of hydrogen-bond donors (Lipinski definition) is 3. The Bertz CT molecular complexity index is 83.5. The van der Waals surface area contributed by atoms with E-state index >= 15 is 0 Å². The third-order valence-electron chi connectivity index (χ3n) is 2.11. The molecule has 0 aromatic rings. The summed E-state index contributed by atoms with van der Waals surface area (Å²) in [6, 6.07) is 0. The fourth-order valence-electron chi connectivity index (χ4n) is 0.963. The van der Waals surface area contributed by atoms with Crippen LogP contribution in [0.25, 0.3) is 0 Å². The predicted octanol–water partition coefficient (Wildman–Crippen LogP) is 4.08. The van der Waals surface area contributed by atoms with Gasteiger partial charge in [0.15, 0.2) is 0 Å². The van der Waals surface area contributed by atoms with E-state index in [0.717, 1.165) is 58.2 Å². The molecule has 0 saturated heterocycles. The molecule has 0 heterocycles. The minimum atomic E-state index is 0. The maximum absolute atomic E-state index is 5.19. The second-order valence-electron chi connectivity index (χ2n) is 4.63. The molecule has 22 heavy (non-hydrogen) atoms. The van der Waals surface area contributed by atoms with Gasteiger partial charge in [-0.2, -0.15) is 33.1 Å². The molecule has 0 aliphatic heterocycles. The Morgan fingerprint density at radius 2 is 0.773 bits per heavy atom. The monoisotopic (exact) mass is 349 g/mol. The molecule has 0 aromatic carbocycles. The Hall–Kier alpha value is 0.594. The quantitative estimate of drug-likeness (QED) is 0.333. The van der Waals surface area contributed by atoms with E-state index < -0.39 is 0 Å². The van der Waals surface area contributed by atoms with Crippen molar-refractivity contribution in [3.05, 3.63) is 27.2 Å². The van der Waals surface area contributed by atoms with Crippen LogP contribution >= 0.6 is 0 Å². The summed E-state index contributed by atoms with van der Waals surface area (Å²) in [6.07, 6.45) is 12.0. The molecule has 0 aliphatic rings. The first-order valence-electron chi connectivity index (χ1n) is 8.38. The van der Waals surface area contributed by atoms with E-state index in [4.69, 9.17) is 17.2 Å². The van der Waals surface area contributed by atoms with Crippen LogP contribution in [0.5, 0.6) is 0 Å². The minimum absolute atomic E-state index is 0. The largest absolute Gasteiger partial charge is 4.00 e. The van der Waals surface area contributed by atoms with Gasteiger partial charge < -0.3 is 44.4 Å². The Morgan fingerprint density at radius 3 is 0.818 bits per heavy atom. The van der Waals surface area contributed by atoms with Crippen LogP contribution in [0.15, 0.2) is 0 Å². The van der Waals surface area contributed by atoms with Gasteiger partial charge in [0, 0.05) is 0 Å². The van der Waals surface area contributed by atoms with Crippen LogP contribution in [0.2, 0.25) is 0 Å². The topological polar surface area (TPSA) is 78.1 Å². The molecule has 134 valence electrons. The summed E-state index contributed by atoms with van der Waals surface area (Å²) < 4.78 is 0. The molecule has 0 radical (unpaired) electrons. The van der Waals surface area contributed by atoms with Crippen molar-refractivity contribution < 1.29 is 21.7 Å². The second kappa shape index (κ2) is 49.6. The molecule has 0 amide bonds. The molecular weight excluding hydrogens is 306 g/mol. The normalized spacial score (nSPS) is 8.18. The zero-order chi connectivity index (χ0) is 17.2. The van der Waals surface area contributed by atoms with Crippen LogP contribution in [0.4, 0.5) is 0 Å². The summed E-state index contributed by atoms with van der Waals surface area (Å²) in [7, 11) is 0. The van der Waals surface area contributed by atoms with Crippen LogP contribution in [0, 0.1) is 27.2 Å². The molecule has 6 N–H and O–H groups in total. The Kier molecular flexibility index (Phi) is 76.7. The molecule has 4 heteroatoms. The maximum atomic E-state index is 5.19. The van der Waals surface area contributed by atoms with Crippen molar-refractivity contribution >= 4 is 0 Å². The fourth-order valence-corrected chi connectivity index (χ4v) is 0.963. The predicted molar refractivity (Wildman–Crippen MR) is 100 cm³/mol. The van der Waals surface area contributed by atoms with E-state index in [0.29, 0.717) is 0 Å². The first-order chi connectivity index (χ1) is 10.2. The SMILES string of the molecule is C[CH-]C.[CH2-]CCCCN.[CH2-]CCCCN.[CH2-]CCCCN.[Ti+4]. The van der Waals surface area contributed by atoms with Gasteiger partial charge in [0.1, 0.15) is 0 Å². The fraction of sp³-hybridized carbons (Fsp3) is 0.778. The van der Waals surface area contributed by atoms with Crippen LogP contribution in [0.3, 0.4) is 0 Å². The van der Waals surface area contributed by atoms with Gasteiger partial charge in [0.05, 0.1) is 0 Å². The molecule has 0 spiro atoms. The van der Waals surface area contributed by atoms with Gasteiger partial charge in [0.25, 0.3) is 0 Å². The summed E-state index contributed by atoms with van der Waals surface area (Å²) in [5, 5.41) is 0. The molecule has 3 nitrogen and oxygen atoms in total. The van der Waals surface area contributed by atoms with E-state index in [1.807, 2.05) is 20.3 Å². The Morgan fingerprint density at radius 1 is 0.591 bits per heavy atom. The van der Waals surface area contributed by atoms with E-state index in [-0.39, 0.29) is 21.7 Å². The molecule has 0 aliphatic carbocycles. The van der Waals surface area contributed by atoms with E-state index in [9.17, 15) is 0 Å². The van der Waals surface area contributed by atoms with Crippen molar-refractivity contribution in [2.45, 2.75) is 71.6 Å². The van der Waals surface area contributed by atoms with Crippen LogP contribution in [0.1, 0.15) is 71.6 Å². The van der Waals surface area contributed by atoms with Crippen LogP contribution in [-0.2, 0) is 21.7 Å². The zero-order valence-corrected chi connectivity index (χ0v) is 17.0. The number of hydrogen-bond acceptors (Lipinski definition) is 3. The maximum Gasteiger partial charge on any atom is 4.00 e. The third kappa shape index (κ3) is 85.9. The number of unbranched alkanes of at least 4 members (excludes halogenated alkanes) is 6. The Labute approximate surface area is 157 Å². The molecule has 0 saturated carbocycles. The van der Waals surface area contributed by atoms with E-state index in [2.05, 4.69) is 20.8 Å². The second-order valence-corrected chi connectivity index (χ2v) is 4.63. The zero-order valence-electron chi connectivity index (χ0n) is 15.4. The number of nitrogens with two attached hydrogens (primary N) is 3.